The van der Waals surface area contributed by atoms with Crippen LogP contribution in [0.15, 0.2) is 212 Å². The molecule has 1 heterocycles. The van der Waals surface area contributed by atoms with Crippen LogP contribution in [0.3, 0.4) is 0 Å². The molecule has 0 amide bonds. The highest BCUT2D eigenvalue weighted by atomic mass is 15.2. The van der Waals surface area contributed by atoms with Crippen molar-refractivity contribution in [3.05, 3.63) is 251 Å². The largest absolute Gasteiger partial charge is 0.314 e. The Morgan fingerprint density at radius 3 is 1.85 bits per heavy atom. The highest BCUT2D eigenvalue weighted by molar-refractivity contribution is 5.99. The number of benzene rings is 9. The zero-order chi connectivity index (χ0) is 45.6. The van der Waals surface area contributed by atoms with E-state index >= 15 is 0 Å². The predicted molar refractivity (Wildman–Crippen MR) is 284 cm³/mol. The fraction of sp³-hybridized carbons (Fsp3) is 0.138. The van der Waals surface area contributed by atoms with Crippen molar-refractivity contribution in [3.8, 4) is 33.4 Å². The summed E-state index contributed by atoms with van der Waals surface area (Å²) in [5, 5.41) is 2.60. The van der Waals surface area contributed by atoms with Gasteiger partial charge in [-0.2, -0.15) is 0 Å². The minimum Gasteiger partial charge on any atom is -0.314 e. The lowest BCUT2D eigenvalue weighted by Crippen LogP contribution is -2.18. The van der Waals surface area contributed by atoms with Gasteiger partial charge >= 0.3 is 0 Å². The van der Waals surface area contributed by atoms with Gasteiger partial charge in [0.2, 0.25) is 0 Å². The molecule has 3 aliphatic rings. The molecule has 12 rings (SSSR count). The molecule has 0 bridgehead atoms. The minimum absolute atomic E-state index is 0.142. The number of nitrogens with zero attached hydrogens (tertiary/aromatic N) is 2. The molecule has 324 valence electrons. The number of hydrogen-bond acceptors (Lipinski definition) is 2. The third-order valence-electron chi connectivity index (χ3n) is 15.1. The Bertz CT molecular complexity index is 3500. The Kier molecular flexibility index (Phi) is 9.42. The first-order valence-electron chi connectivity index (χ1n) is 23.8. The van der Waals surface area contributed by atoms with Crippen LogP contribution in [0, 0.1) is 0 Å². The molecule has 2 heteroatoms. The first-order valence-corrected chi connectivity index (χ1v) is 23.8. The topological polar surface area (TPSA) is 6.48 Å². The van der Waals surface area contributed by atoms with Crippen LogP contribution in [-0.4, -0.2) is 0 Å². The van der Waals surface area contributed by atoms with Crippen molar-refractivity contribution in [2.75, 3.05) is 9.80 Å². The van der Waals surface area contributed by atoms with Crippen molar-refractivity contribution in [1.29, 1.82) is 0 Å². The second-order valence-corrected chi connectivity index (χ2v) is 19.9. The Morgan fingerprint density at radius 2 is 1.07 bits per heavy atom. The summed E-state index contributed by atoms with van der Waals surface area (Å²) >= 11 is 0. The second-order valence-electron chi connectivity index (χ2n) is 19.9. The van der Waals surface area contributed by atoms with Crippen molar-refractivity contribution < 1.29 is 0 Å². The van der Waals surface area contributed by atoms with E-state index in [1.165, 1.54) is 111 Å². The fourth-order valence-electron chi connectivity index (χ4n) is 11.5. The maximum Gasteiger partial charge on any atom is 0.0539 e. The fourth-order valence-corrected chi connectivity index (χ4v) is 11.5. The number of rotatable bonds is 7. The van der Waals surface area contributed by atoms with Crippen LogP contribution < -0.4 is 9.80 Å². The average Bonchev–Trinajstić information content (AvgIpc) is 3.72. The maximum absolute atomic E-state index is 2.56. The standard InChI is InChI=1S/C65H54N2/c1-42(46-32-35-61-50(36-46)37-49-22-15-16-26-60(49)67(61)51-23-11-8-12-24-51)28-29-43(2)66(52-33-30-45(31-34-52)44-18-9-7-10-19-44)62-27-17-25-56-63(62)55-41-58-54(40-59(55)64(56,3)4)53-38-47-20-13-14-21-48(47)39-57(53)65(58,5)6/h7-36,38-41H,37H2,1-6H3/b42-28+,43-29+. The molecule has 9 aromatic rings. The van der Waals surface area contributed by atoms with Gasteiger partial charge in [-0.25, -0.2) is 0 Å². The van der Waals surface area contributed by atoms with E-state index in [1.54, 1.807) is 0 Å². The monoisotopic (exact) mass is 862 g/mol. The molecule has 67 heavy (non-hydrogen) atoms. The zero-order valence-electron chi connectivity index (χ0n) is 39.2. The van der Waals surface area contributed by atoms with Gasteiger partial charge < -0.3 is 9.80 Å². The van der Waals surface area contributed by atoms with Crippen LogP contribution in [0.25, 0.3) is 49.7 Å². The molecule has 9 aromatic carbocycles. The second kappa shape index (κ2) is 15.5. The summed E-state index contributed by atoms with van der Waals surface area (Å²) in [5.41, 5.74) is 25.3. The van der Waals surface area contributed by atoms with Gasteiger partial charge in [-0.15, -0.1) is 0 Å². The third-order valence-corrected chi connectivity index (χ3v) is 15.1. The van der Waals surface area contributed by atoms with Crippen molar-refractivity contribution >= 4 is 44.8 Å². The Labute approximate surface area is 395 Å². The van der Waals surface area contributed by atoms with Crippen molar-refractivity contribution in [2.24, 2.45) is 0 Å². The van der Waals surface area contributed by atoms with Gasteiger partial charge in [-0.05, 0) is 176 Å². The minimum atomic E-state index is -0.195. The summed E-state index contributed by atoms with van der Waals surface area (Å²) in [5.74, 6) is 0. The van der Waals surface area contributed by atoms with E-state index in [1.807, 2.05) is 0 Å². The molecule has 0 fully saturated rings. The number of para-hydroxylation sites is 2. The van der Waals surface area contributed by atoms with E-state index in [0.29, 0.717) is 0 Å². The third kappa shape index (κ3) is 6.53. The first-order chi connectivity index (χ1) is 32.6. The van der Waals surface area contributed by atoms with Gasteiger partial charge in [0, 0.05) is 51.3 Å². The van der Waals surface area contributed by atoms with E-state index in [2.05, 4.69) is 258 Å². The lowest BCUT2D eigenvalue weighted by atomic mass is 9.79. The average molecular weight is 863 g/mol. The van der Waals surface area contributed by atoms with Crippen LogP contribution in [-0.2, 0) is 17.3 Å². The highest BCUT2D eigenvalue weighted by Crippen LogP contribution is 2.59. The smallest absolute Gasteiger partial charge is 0.0539 e. The van der Waals surface area contributed by atoms with E-state index in [9.17, 15) is 0 Å². The number of anilines is 5. The summed E-state index contributed by atoms with van der Waals surface area (Å²) in [6.07, 6.45) is 5.53. The van der Waals surface area contributed by atoms with Crippen LogP contribution in [0.2, 0.25) is 0 Å². The van der Waals surface area contributed by atoms with Crippen molar-refractivity contribution in [3.63, 3.8) is 0 Å². The molecule has 0 radical (unpaired) electrons. The Balaban J connectivity index is 0.975. The molecular formula is C65H54N2. The van der Waals surface area contributed by atoms with Crippen LogP contribution >= 0.6 is 0 Å². The summed E-state index contributed by atoms with van der Waals surface area (Å²) in [6.45, 7) is 14.2. The predicted octanol–water partition coefficient (Wildman–Crippen LogP) is 17.6. The lowest BCUT2D eigenvalue weighted by Gasteiger charge is -2.33. The van der Waals surface area contributed by atoms with Crippen LogP contribution in [0.1, 0.15) is 80.5 Å². The molecule has 0 aromatic heterocycles. The summed E-state index contributed by atoms with van der Waals surface area (Å²) in [7, 11) is 0. The molecule has 2 nitrogen and oxygen atoms in total. The zero-order valence-corrected chi connectivity index (χ0v) is 39.2. The van der Waals surface area contributed by atoms with Gasteiger partial charge in [-0.3, -0.25) is 0 Å². The van der Waals surface area contributed by atoms with Gasteiger partial charge in [0.15, 0.2) is 0 Å². The maximum atomic E-state index is 2.56. The molecule has 1 aliphatic heterocycles. The van der Waals surface area contributed by atoms with E-state index in [0.717, 1.165) is 17.8 Å². The van der Waals surface area contributed by atoms with Crippen molar-refractivity contribution in [2.45, 2.75) is 58.8 Å². The number of fused-ring (bicyclic) bond motifs is 9. The Morgan fingerprint density at radius 1 is 0.478 bits per heavy atom. The van der Waals surface area contributed by atoms with Gasteiger partial charge in [0.05, 0.1) is 5.69 Å². The normalized spacial score (nSPS) is 15.0. The number of allylic oxidation sites excluding steroid dienone is 4. The molecule has 0 unspecified atom stereocenters. The summed E-state index contributed by atoms with van der Waals surface area (Å²) < 4.78 is 0. The van der Waals surface area contributed by atoms with Crippen LogP contribution in [0.5, 0.6) is 0 Å². The van der Waals surface area contributed by atoms with E-state index in [-0.39, 0.29) is 10.8 Å². The van der Waals surface area contributed by atoms with E-state index in [4.69, 9.17) is 0 Å². The van der Waals surface area contributed by atoms with Gasteiger partial charge in [-0.1, -0.05) is 155 Å². The quantitative estimate of drug-likeness (QED) is 0.147. The van der Waals surface area contributed by atoms with Crippen LogP contribution in [0.4, 0.5) is 28.4 Å². The van der Waals surface area contributed by atoms with Gasteiger partial charge in [0.1, 0.15) is 0 Å². The SMILES string of the molecule is C/C(=C\C=C(/C)N(c1ccc(-c2ccccc2)cc1)c1cccc2c1-c1cc3c(cc1C2(C)C)-c1cc2ccccc2cc1C3(C)C)c1ccc2c(c1)Cc1ccccc1N2c1ccccc1. The lowest BCUT2D eigenvalue weighted by molar-refractivity contribution is 0.652. The molecule has 0 N–H and O–H groups in total. The summed E-state index contributed by atoms with van der Waals surface area (Å²) in [4.78, 5) is 4.90. The Hall–Kier alpha value is -7.68. The molecule has 0 saturated heterocycles. The number of hydrogen-bond donors (Lipinski definition) is 0. The molecule has 0 saturated carbocycles. The molecular weight excluding hydrogens is 809 g/mol. The first kappa shape index (κ1) is 40.8. The van der Waals surface area contributed by atoms with Crippen molar-refractivity contribution in [1.82, 2.24) is 0 Å². The molecule has 2 aliphatic carbocycles. The molecule has 0 spiro atoms. The van der Waals surface area contributed by atoms with E-state index < -0.39 is 0 Å². The van der Waals surface area contributed by atoms with Gasteiger partial charge in [0.25, 0.3) is 0 Å². The highest BCUT2D eigenvalue weighted by Gasteiger charge is 2.43. The summed E-state index contributed by atoms with van der Waals surface area (Å²) in [6, 6.07) is 72.1. The molecule has 0 atom stereocenters.